The third-order valence-electron chi connectivity index (χ3n) is 7.75. The molecule has 38 heavy (non-hydrogen) atoms. The lowest BCUT2D eigenvalue weighted by atomic mass is 10.0. The predicted octanol–water partition coefficient (Wildman–Crippen LogP) is 6.75. The van der Waals surface area contributed by atoms with Crippen LogP contribution < -0.4 is 0 Å². The van der Waals surface area contributed by atoms with Crippen LogP contribution in [0.3, 0.4) is 0 Å². The van der Waals surface area contributed by atoms with Gasteiger partial charge in [0, 0.05) is 66.4 Å². The number of esters is 1. The van der Waals surface area contributed by atoms with Crippen molar-refractivity contribution in [2.45, 2.75) is 56.7 Å². The zero-order valence-electron chi connectivity index (χ0n) is 22.6. The number of carbonyl (C=O) groups excluding carboxylic acids is 1. The number of benzene rings is 2. The molecule has 1 saturated heterocycles. The highest BCUT2D eigenvalue weighted by atomic mass is 79.9. The standard InChI is InChI=1S/C30H38BrN3O3S/c1-4-26(20-9-7-6-8-10-20)38-19-25-28(30(36)37-5-2)27-22(18-33-15-13-32(3)14-16-33)29(35)23(31)17-24(27)34(25)21-11-12-21/h6-10,17,21,26,35H,4-5,11-16,18-19H2,1-3H3. The van der Waals surface area contributed by atoms with Gasteiger partial charge in [0.25, 0.3) is 0 Å². The highest BCUT2D eigenvalue weighted by Gasteiger charge is 2.35. The second-order valence-corrected chi connectivity index (χ2v) is 12.5. The molecule has 8 heteroatoms. The van der Waals surface area contributed by atoms with Crippen LogP contribution in [0.15, 0.2) is 40.9 Å². The molecule has 6 nitrogen and oxygen atoms in total. The van der Waals surface area contributed by atoms with Crippen molar-refractivity contribution >= 4 is 44.6 Å². The molecule has 1 aliphatic heterocycles. The molecule has 0 amide bonds. The molecule has 1 saturated carbocycles. The third-order valence-corrected chi connectivity index (χ3v) is 9.81. The van der Waals surface area contributed by atoms with Gasteiger partial charge in [0.2, 0.25) is 0 Å². The number of phenols is 1. The maximum atomic E-state index is 13.6. The van der Waals surface area contributed by atoms with E-state index in [1.807, 2.05) is 24.8 Å². The van der Waals surface area contributed by atoms with Gasteiger partial charge in [0.05, 0.1) is 22.2 Å². The zero-order valence-corrected chi connectivity index (χ0v) is 25.0. The number of carbonyl (C=O) groups is 1. The van der Waals surface area contributed by atoms with Gasteiger partial charge in [0.1, 0.15) is 5.75 Å². The van der Waals surface area contributed by atoms with E-state index in [1.165, 1.54) is 5.56 Å². The topological polar surface area (TPSA) is 57.9 Å². The van der Waals surface area contributed by atoms with Gasteiger partial charge in [0.15, 0.2) is 0 Å². The van der Waals surface area contributed by atoms with E-state index in [9.17, 15) is 9.90 Å². The molecule has 2 heterocycles. The molecule has 1 aromatic heterocycles. The van der Waals surface area contributed by atoms with Gasteiger partial charge in [-0.05, 0) is 60.8 Å². The number of hydrogen-bond acceptors (Lipinski definition) is 6. The summed E-state index contributed by atoms with van der Waals surface area (Å²) < 4.78 is 8.72. The van der Waals surface area contributed by atoms with Crippen molar-refractivity contribution in [2.75, 3.05) is 39.8 Å². The second-order valence-electron chi connectivity index (χ2n) is 10.4. The summed E-state index contributed by atoms with van der Waals surface area (Å²) in [7, 11) is 2.14. The molecule has 1 aliphatic carbocycles. The van der Waals surface area contributed by atoms with Gasteiger partial charge < -0.3 is 19.3 Å². The Morgan fingerprint density at radius 2 is 1.87 bits per heavy atom. The summed E-state index contributed by atoms with van der Waals surface area (Å²) >= 11 is 5.52. The highest BCUT2D eigenvalue weighted by Crippen LogP contribution is 2.48. The van der Waals surface area contributed by atoms with Crippen LogP contribution in [0.5, 0.6) is 5.75 Å². The van der Waals surface area contributed by atoms with Gasteiger partial charge in [-0.25, -0.2) is 4.79 Å². The first kappa shape index (κ1) is 27.6. The van der Waals surface area contributed by atoms with E-state index >= 15 is 0 Å². The minimum atomic E-state index is -0.290. The molecule has 2 aliphatic rings. The molecular weight excluding hydrogens is 562 g/mol. The largest absolute Gasteiger partial charge is 0.506 e. The number of ether oxygens (including phenoxy) is 1. The number of hydrogen-bond donors (Lipinski definition) is 1. The lowest BCUT2D eigenvalue weighted by Crippen LogP contribution is -2.43. The first-order valence-corrected chi connectivity index (χ1v) is 15.6. The molecule has 0 radical (unpaired) electrons. The van der Waals surface area contributed by atoms with Crippen molar-refractivity contribution < 1.29 is 14.6 Å². The van der Waals surface area contributed by atoms with E-state index in [4.69, 9.17) is 4.74 Å². The van der Waals surface area contributed by atoms with Crippen molar-refractivity contribution in [2.24, 2.45) is 0 Å². The Morgan fingerprint density at radius 1 is 1.16 bits per heavy atom. The Morgan fingerprint density at radius 3 is 2.50 bits per heavy atom. The van der Waals surface area contributed by atoms with Crippen molar-refractivity contribution in [1.82, 2.24) is 14.4 Å². The molecule has 3 aromatic rings. The number of piperazine rings is 1. The van der Waals surface area contributed by atoms with Crippen molar-refractivity contribution in [1.29, 1.82) is 0 Å². The van der Waals surface area contributed by atoms with E-state index in [0.717, 1.165) is 67.6 Å². The van der Waals surface area contributed by atoms with Crippen LogP contribution in [-0.4, -0.2) is 65.3 Å². The molecule has 0 bridgehead atoms. The van der Waals surface area contributed by atoms with Gasteiger partial charge in [-0.3, -0.25) is 4.90 Å². The van der Waals surface area contributed by atoms with Crippen LogP contribution in [0, 0.1) is 0 Å². The first-order chi connectivity index (χ1) is 18.4. The molecule has 5 rings (SSSR count). The Labute approximate surface area is 238 Å². The fourth-order valence-corrected chi connectivity index (χ4v) is 7.24. The van der Waals surface area contributed by atoms with Crippen LogP contribution >= 0.6 is 27.7 Å². The van der Waals surface area contributed by atoms with Crippen LogP contribution in [0.2, 0.25) is 0 Å². The smallest absolute Gasteiger partial charge is 0.340 e. The molecule has 1 N–H and O–H groups in total. The van der Waals surface area contributed by atoms with Crippen LogP contribution in [0.4, 0.5) is 0 Å². The quantitative estimate of drug-likeness (QED) is 0.260. The number of fused-ring (bicyclic) bond motifs is 1. The lowest BCUT2D eigenvalue weighted by molar-refractivity contribution is 0.0527. The average Bonchev–Trinajstić information content (AvgIpc) is 3.71. The summed E-state index contributed by atoms with van der Waals surface area (Å²) in [6.45, 7) is 8.84. The summed E-state index contributed by atoms with van der Waals surface area (Å²) in [5, 5.41) is 12.5. The van der Waals surface area contributed by atoms with Crippen LogP contribution in [-0.2, 0) is 17.0 Å². The normalized spacial score (nSPS) is 17.7. The minimum absolute atomic E-state index is 0.227. The lowest BCUT2D eigenvalue weighted by Gasteiger charge is -2.32. The SMILES string of the molecule is CCOC(=O)c1c(CSC(CC)c2ccccc2)n(C2CC2)c2cc(Br)c(O)c(CN3CCN(C)CC3)c12. The number of halogens is 1. The fourth-order valence-electron chi connectivity index (χ4n) is 5.55. The highest BCUT2D eigenvalue weighted by molar-refractivity contribution is 9.10. The van der Waals surface area contributed by atoms with Crippen LogP contribution in [0.1, 0.15) is 71.6 Å². The van der Waals surface area contributed by atoms with Crippen molar-refractivity contribution in [3.05, 3.63) is 63.3 Å². The minimum Gasteiger partial charge on any atom is -0.506 e. The molecule has 2 aromatic carbocycles. The molecule has 1 atom stereocenters. The summed E-state index contributed by atoms with van der Waals surface area (Å²) in [5.41, 5.74) is 4.81. The maximum Gasteiger partial charge on any atom is 0.340 e. The van der Waals surface area contributed by atoms with Crippen molar-refractivity contribution in [3.63, 3.8) is 0 Å². The van der Waals surface area contributed by atoms with E-state index in [2.05, 4.69) is 74.6 Å². The van der Waals surface area contributed by atoms with Crippen molar-refractivity contribution in [3.8, 4) is 5.75 Å². The van der Waals surface area contributed by atoms with Crippen LogP contribution in [0.25, 0.3) is 10.9 Å². The van der Waals surface area contributed by atoms with Gasteiger partial charge >= 0.3 is 5.97 Å². The van der Waals surface area contributed by atoms with Gasteiger partial charge in [-0.15, -0.1) is 11.8 Å². The number of thioether (sulfide) groups is 1. The van der Waals surface area contributed by atoms with E-state index in [1.54, 1.807) is 0 Å². The molecule has 1 unspecified atom stereocenters. The number of rotatable bonds is 10. The Balaban J connectivity index is 1.63. The van der Waals surface area contributed by atoms with Gasteiger partial charge in [-0.1, -0.05) is 37.3 Å². The maximum absolute atomic E-state index is 13.6. The Bertz CT molecular complexity index is 1280. The molecule has 204 valence electrons. The summed E-state index contributed by atoms with van der Waals surface area (Å²) in [4.78, 5) is 18.3. The summed E-state index contributed by atoms with van der Waals surface area (Å²) in [6.07, 6.45) is 3.21. The Hall–Kier alpha value is -2.00. The molecule has 0 spiro atoms. The van der Waals surface area contributed by atoms with E-state index in [-0.39, 0.29) is 11.7 Å². The number of aromatic nitrogens is 1. The van der Waals surface area contributed by atoms with E-state index < -0.39 is 0 Å². The second kappa shape index (κ2) is 12.0. The first-order valence-electron chi connectivity index (χ1n) is 13.7. The van der Waals surface area contributed by atoms with Gasteiger partial charge in [-0.2, -0.15) is 0 Å². The predicted molar refractivity (Wildman–Crippen MR) is 159 cm³/mol. The molecular formula is C30H38BrN3O3S. The monoisotopic (exact) mass is 599 g/mol. The van der Waals surface area contributed by atoms with E-state index in [0.29, 0.717) is 40.2 Å². The number of nitrogens with zero attached hydrogens (tertiary/aromatic N) is 3. The summed E-state index contributed by atoms with van der Waals surface area (Å²) in [5.74, 6) is 0.644. The summed E-state index contributed by atoms with van der Waals surface area (Å²) in [6, 6.07) is 13.0. The Kier molecular flexibility index (Phi) is 8.72. The number of aromatic hydroxyl groups is 1. The zero-order chi connectivity index (χ0) is 26.8. The third kappa shape index (κ3) is 5.64. The fraction of sp³-hybridized carbons (Fsp3) is 0.500. The molecule has 2 fully saturated rings. The number of likely N-dealkylation sites (N-methyl/N-ethyl adjacent to an activating group) is 1. The number of phenolic OH excluding ortho intramolecular Hbond substituents is 1. The average molecular weight is 601 g/mol.